The van der Waals surface area contributed by atoms with Crippen molar-refractivity contribution in [3.63, 3.8) is 0 Å². The normalized spacial score (nSPS) is 11.0. The van der Waals surface area contributed by atoms with E-state index in [9.17, 15) is 17.6 Å². The van der Waals surface area contributed by atoms with E-state index < -0.39 is 15.8 Å². The van der Waals surface area contributed by atoms with Gasteiger partial charge in [-0.1, -0.05) is 42.5 Å². The van der Waals surface area contributed by atoms with Gasteiger partial charge in [0.25, 0.3) is 5.91 Å². The van der Waals surface area contributed by atoms with Crippen LogP contribution in [-0.2, 0) is 21.4 Å². The Kier molecular flexibility index (Phi) is 8.05. The summed E-state index contributed by atoms with van der Waals surface area (Å²) in [6, 6.07) is 28.3. The smallest absolute Gasteiger partial charge is 0.262 e. The molecule has 190 valence electrons. The molecule has 0 atom stereocenters. The Bertz CT molecular complexity index is 1440. The molecule has 0 unspecified atom stereocenters. The molecule has 0 aliphatic carbocycles. The van der Waals surface area contributed by atoms with Crippen molar-refractivity contribution in [2.75, 3.05) is 22.5 Å². The molecule has 4 aromatic rings. The molecule has 37 heavy (non-hydrogen) atoms. The van der Waals surface area contributed by atoms with Gasteiger partial charge in [-0.15, -0.1) is 0 Å². The van der Waals surface area contributed by atoms with E-state index >= 15 is 0 Å². The number of para-hydroxylation sites is 3. The summed E-state index contributed by atoms with van der Waals surface area (Å²) in [6.07, 6.45) is 1.10. The molecule has 0 radical (unpaired) electrons. The average Bonchev–Trinajstić information content (AvgIpc) is 2.89. The fraction of sp³-hybridized carbons (Fsp3) is 0.107. The lowest BCUT2D eigenvalue weighted by Gasteiger charge is -2.23. The first-order valence-corrected chi connectivity index (χ1v) is 13.2. The van der Waals surface area contributed by atoms with Gasteiger partial charge >= 0.3 is 0 Å². The number of hydrogen-bond donors (Lipinski definition) is 1. The zero-order valence-electron chi connectivity index (χ0n) is 20.0. The first-order chi connectivity index (χ1) is 17.8. The Morgan fingerprint density at radius 1 is 0.838 bits per heavy atom. The van der Waals surface area contributed by atoms with Crippen molar-refractivity contribution in [1.82, 2.24) is 0 Å². The number of benzene rings is 4. The molecule has 1 amide bonds. The third kappa shape index (κ3) is 7.31. The monoisotopic (exact) mass is 520 g/mol. The van der Waals surface area contributed by atoms with Gasteiger partial charge in [0, 0.05) is 0 Å². The highest BCUT2D eigenvalue weighted by Gasteiger charge is 2.18. The van der Waals surface area contributed by atoms with Gasteiger partial charge < -0.3 is 14.8 Å². The molecule has 0 heterocycles. The van der Waals surface area contributed by atoms with Crippen LogP contribution in [0.2, 0.25) is 0 Å². The molecule has 1 N–H and O–H groups in total. The third-order valence-corrected chi connectivity index (χ3v) is 6.41. The Morgan fingerprint density at radius 2 is 1.49 bits per heavy atom. The maximum absolute atomic E-state index is 13.2. The number of halogens is 1. The molecule has 0 saturated carbocycles. The van der Waals surface area contributed by atoms with Crippen molar-refractivity contribution < 1.29 is 27.1 Å². The Balaban J connectivity index is 1.37. The molecule has 0 aliphatic heterocycles. The van der Waals surface area contributed by atoms with Crippen molar-refractivity contribution >= 4 is 27.3 Å². The summed E-state index contributed by atoms with van der Waals surface area (Å²) >= 11 is 0. The molecule has 4 rings (SSSR count). The number of rotatable bonds is 10. The van der Waals surface area contributed by atoms with E-state index in [-0.39, 0.29) is 19.1 Å². The lowest BCUT2D eigenvalue weighted by molar-refractivity contribution is -0.118. The Hall–Kier alpha value is -4.37. The fourth-order valence-electron chi connectivity index (χ4n) is 3.47. The number of nitrogens with one attached hydrogen (secondary N) is 1. The first kappa shape index (κ1) is 25.7. The minimum Gasteiger partial charge on any atom is -0.484 e. The summed E-state index contributed by atoms with van der Waals surface area (Å²) in [7, 11) is -3.60. The number of ether oxygens (including phenoxy) is 2. The van der Waals surface area contributed by atoms with Crippen LogP contribution in [0.1, 0.15) is 5.56 Å². The van der Waals surface area contributed by atoms with E-state index in [0.29, 0.717) is 34.2 Å². The van der Waals surface area contributed by atoms with Gasteiger partial charge in [0.1, 0.15) is 17.3 Å². The number of anilines is 2. The maximum atomic E-state index is 13.2. The molecule has 7 nitrogen and oxygen atoms in total. The highest BCUT2D eigenvalue weighted by molar-refractivity contribution is 7.92. The van der Waals surface area contributed by atoms with Crippen molar-refractivity contribution in [2.24, 2.45) is 0 Å². The molecule has 0 bridgehead atoms. The topological polar surface area (TPSA) is 84.9 Å². The number of sulfonamides is 1. The fourth-order valence-corrected chi connectivity index (χ4v) is 4.36. The van der Waals surface area contributed by atoms with E-state index in [0.717, 1.165) is 6.26 Å². The molecule has 4 aromatic carbocycles. The van der Waals surface area contributed by atoms with Crippen LogP contribution in [0.5, 0.6) is 17.2 Å². The Labute approximate surface area is 215 Å². The summed E-state index contributed by atoms with van der Waals surface area (Å²) in [4.78, 5) is 12.5. The summed E-state index contributed by atoms with van der Waals surface area (Å²) in [6.45, 7) is -0.212. The van der Waals surface area contributed by atoms with Gasteiger partial charge in [-0.2, -0.15) is 0 Å². The number of hydrogen-bond acceptors (Lipinski definition) is 5. The molecule has 0 aromatic heterocycles. The van der Waals surface area contributed by atoms with Crippen LogP contribution in [0.4, 0.5) is 15.8 Å². The Morgan fingerprint density at radius 3 is 2.16 bits per heavy atom. The molecule has 0 saturated heterocycles. The second kappa shape index (κ2) is 11.6. The SMILES string of the molecule is CS(=O)(=O)N(Cc1ccc(F)cc1)c1ccc(OCC(=O)Nc2ccccc2Oc2ccccc2)cc1. The van der Waals surface area contributed by atoms with E-state index in [2.05, 4.69) is 5.32 Å². The van der Waals surface area contributed by atoms with E-state index in [1.54, 1.807) is 42.5 Å². The van der Waals surface area contributed by atoms with Gasteiger partial charge in [-0.05, 0) is 66.2 Å². The molecular weight excluding hydrogens is 495 g/mol. The van der Waals surface area contributed by atoms with Crippen LogP contribution >= 0.6 is 0 Å². The lowest BCUT2D eigenvalue weighted by atomic mass is 10.2. The average molecular weight is 521 g/mol. The van der Waals surface area contributed by atoms with Crippen molar-refractivity contribution in [3.8, 4) is 17.2 Å². The van der Waals surface area contributed by atoms with Gasteiger partial charge in [0.2, 0.25) is 10.0 Å². The summed E-state index contributed by atoms with van der Waals surface area (Å²) in [5, 5.41) is 2.78. The summed E-state index contributed by atoms with van der Waals surface area (Å²) < 4.78 is 50.6. The highest BCUT2D eigenvalue weighted by Crippen LogP contribution is 2.29. The molecule has 0 spiro atoms. The first-order valence-electron chi connectivity index (χ1n) is 11.3. The minimum absolute atomic E-state index is 0.0478. The number of carbonyl (C=O) groups is 1. The molecule has 9 heteroatoms. The number of amides is 1. The summed E-state index contributed by atoms with van der Waals surface area (Å²) in [5.41, 5.74) is 1.55. The largest absolute Gasteiger partial charge is 0.484 e. The second-order valence-corrected chi connectivity index (χ2v) is 10.0. The van der Waals surface area contributed by atoms with E-state index in [1.807, 2.05) is 36.4 Å². The van der Waals surface area contributed by atoms with Crippen LogP contribution in [0.3, 0.4) is 0 Å². The summed E-state index contributed by atoms with van der Waals surface area (Å²) in [5.74, 6) is 0.745. The minimum atomic E-state index is -3.60. The second-order valence-electron chi connectivity index (χ2n) is 8.14. The van der Waals surface area contributed by atoms with Gasteiger partial charge in [0.05, 0.1) is 24.2 Å². The van der Waals surface area contributed by atoms with Crippen molar-refractivity contribution in [1.29, 1.82) is 0 Å². The van der Waals surface area contributed by atoms with Crippen LogP contribution in [-0.4, -0.2) is 27.2 Å². The van der Waals surface area contributed by atoms with Crippen LogP contribution < -0.4 is 19.1 Å². The lowest BCUT2D eigenvalue weighted by Crippen LogP contribution is -2.29. The van der Waals surface area contributed by atoms with E-state index in [4.69, 9.17) is 9.47 Å². The zero-order chi connectivity index (χ0) is 26.3. The highest BCUT2D eigenvalue weighted by atomic mass is 32.2. The van der Waals surface area contributed by atoms with Crippen LogP contribution in [0.25, 0.3) is 0 Å². The predicted octanol–water partition coefficient (Wildman–Crippen LogP) is 5.60. The van der Waals surface area contributed by atoms with E-state index in [1.165, 1.54) is 28.6 Å². The molecule has 0 aliphatic rings. The maximum Gasteiger partial charge on any atom is 0.262 e. The quantitative estimate of drug-likeness (QED) is 0.294. The number of carbonyl (C=O) groups excluding carboxylic acids is 1. The molecule has 0 fully saturated rings. The predicted molar refractivity (Wildman–Crippen MR) is 141 cm³/mol. The van der Waals surface area contributed by atoms with Crippen molar-refractivity contribution in [3.05, 3.63) is 115 Å². The third-order valence-electron chi connectivity index (χ3n) is 5.27. The zero-order valence-corrected chi connectivity index (χ0v) is 20.8. The van der Waals surface area contributed by atoms with Gasteiger partial charge in [-0.25, -0.2) is 12.8 Å². The van der Waals surface area contributed by atoms with Crippen molar-refractivity contribution in [2.45, 2.75) is 6.54 Å². The van der Waals surface area contributed by atoms with Crippen LogP contribution in [0, 0.1) is 5.82 Å². The van der Waals surface area contributed by atoms with Crippen LogP contribution in [0.15, 0.2) is 103 Å². The number of nitrogens with zero attached hydrogens (tertiary/aromatic N) is 1. The molecular formula is C28H25FN2O5S. The standard InChI is InChI=1S/C28H25FN2O5S/c1-37(33,34)31(19-21-11-13-22(29)14-12-21)23-15-17-24(18-16-23)35-20-28(32)30-26-9-5-6-10-27(26)36-25-7-3-2-4-8-25/h2-18H,19-20H2,1H3,(H,30,32). The van der Waals surface area contributed by atoms with Gasteiger partial charge in [0.15, 0.2) is 12.4 Å². The van der Waals surface area contributed by atoms with Gasteiger partial charge in [-0.3, -0.25) is 9.10 Å².